The highest BCUT2D eigenvalue weighted by Crippen LogP contribution is 2.27. The van der Waals surface area contributed by atoms with Crippen molar-refractivity contribution in [1.82, 2.24) is 20.1 Å². The molecule has 3 rings (SSSR count). The summed E-state index contributed by atoms with van der Waals surface area (Å²) in [6.45, 7) is 5.73. The Morgan fingerprint density at radius 1 is 1.36 bits per heavy atom. The van der Waals surface area contributed by atoms with Crippen LogP contribution in [0.3, 0.4) is 0 Å². The van der Waals surface area contributed by atoms with Crippen LogP contribution in [0.15, 0.2) is 35.8 Å². The van der Waals surface area contributed by atoms with Crippen LogP contribution < -0.4 is 10.1 Å². The third-order valence-corrected chi connectivity index (χ3v) is 4.53. The van der Waals surface area contributed by atoms with Crippen molar-refractivity contribution < 1.29 is 9.53 Å². The lowest BCUT2D eigenvalue weighted by atomic mass is 10.2. The van der Waals surface area contributed by atoms with Crippen LogP contribution in [0.1, 0.15) is 29.9 Å². The van der Waals surface area contributed by atoms with E-state index < -0.39 is 0 Å². The van der Waals surface area contributed by atoms with Gasteiger partial charge in [-0.05, 0) is 32.9 Å². The smallest absolute Gasteiger partial charge is 0.254 e. The second kappa shape index (κ2) is 7.06. The van der Waals surface area contributed by atoms with Crippen LogP contribution in [0, 0.1) is 6.92 Å². The summed E-state index contributed by atoms with van der Waals surface area (Å²) in [7, 11) is 1.64. The molecular weight excluding hydrogens is 336 g/mol. The van der Waals surface area contributed by atoms with Crippen molar-refractivity contribution in [2.24, 2.45) is 0 Å². The Labute approximate surface area is 150 Å². The molecule has 1 amide bonds. The van der Waals surface area contributed by atoms with Gasteiger partial charge in [0, 0.05) is 17.0 Å². The minimum absolute atomic E-state index is 0.0785. The number of ether oxygens (including phenoxy) is 1. The van der Waals surface area contributed by atoms with E-state index in [4.69, 9.17) is 4.74 Å². The Kier molecular flexibility index (Phi) is 4.85. The van der Waals surface area contributed by atoms with E-state index in [0.717, 1.165) is 27.8 Å². The SMILES string of the molecule is COc1cccc(-c2csc(-n3ncc(C(=O)NC(C)C)c3C)n2)c1. The fourth-order valence-corrected chi connectivity index (χ4v) is 3.28. The Morgan fingerprint density at radius 2 is 2.16 bits per heavy atom. The van der Waals surface area contributed by atoms with Crippen LogP contribution in [0.4, 0.5) is 0 Å². The molecule has 1 N–H and O–H groups in total. The molecule has 2 aromatic heterocycles. The Morgan fingerprint density at radius 3 is 2.88 bits per heavy atom. The number of carbonyl (C=O) groups excluding carboxylic acids is 1. The van der Waals surface area contributed by atoms with Gasteiger partial charge in [0.15, 0.2) is 0 Å². The number of rotatable bonds is 5. The standard InChI is InChI=1S/C18H20N4O2S/c1-11(2)20-17(23)15-9-19-22(12(15)3)18-21-16(10-25-18)13-6-5-7-14(8-13)24-4/h5-11H,1-4H3,(H,20,23). The van der Waals surface area contributed by atoms with E-state index in [1.54, 1.807) is 18.0 Å². The first-order valence-corrected chi connectivity index (χ1v) is 8.83. The van der Waals surface area contributed by atoms with Gasteiger partial charge in [-0.1, -0.05) is 12.1 Å². The maximum Gasteiger partial charge on any atom is 0.254 e. The van der Waals surface area contributed by atoms with Crippen LogP contribution in [-0.4, -0.2) is 33.8 Å². The summed E-state index contributed by atoms with van der Waals surface area (Å²) in [5, 5.41) is 9.91. The van der Waals surface area contributed by atoms with Crippen molar-refractivity contribution in [1.29, 1.82) is 0 Å². The highest BCUT2D eigenvalue weighted by atomic mass is 32.1. The molecule has 0 aliphatic heterocycles. The number of benzene rings is 1. The van der Waals surface area contributed by atoms with Crippen molar-refractivity contribution >= 4 is 17.2 Å². The first-order chi connectivity index (χ1) is 12.0. The van der Waals surface area contributed by atoms with E-state index >= 15 is 0 Å². The average Bonchev–Trinajstić information content (AvgIpc) is 3.21. The highest BCUT2D eigenvalue weighted by molar-refractivity contribution is 7.12. The lowest BCUT2D eigenvalue weighted by Gasteiger charge is -2.07. The molecule has 0 aliphatic carbocycles. The molecule has 0 radical (unpaired) electrons. The van der Waals surface area contributed by atoms with Crippen molar-refractivity contribution in [2.75, 3.05) is 7.11 Å². The topological polar surface area (TPSA) is 69.0 Å². The van der Waals surface area contributed by atoms with Crippen molar-refractivity contribution in [3.8, 4) is 22.1 Å². The van der Waals surface area contributed by atoms with Gasteiger partial charge in [-0.25, -0.2) is 9.67 Å². The number of methoxy groups -OCH3 is 1. The van der Waals surface area contributed by atoms with Crippen molar-refractivity contribution in [2.45, 2.75) is 26.8 Å². The second-order valence-electron chi connectivity index (χ2n) is 5.93. The summed E-state index contributed by atoms with van der Waals surface area (Å²) in [5.41, 5.74) is 3.16. The molecule has 0 atom stereocenters. The van der Waals surface area contributed by atoms with E-state index in [9.17, 15) is 4.79 Å². The number of hydrogen-bond donors (Lipinski definition) is 1. The van der Waals surface area contributed by atoms with E-state index in [2.05, 4.69) is 15.4 Å². The van der Waals surface area contributed by atoms with Crippen LogP contribution in [0.5, 0.6) is 5.75 Å². The highest BCUT2D eigenvalue weighted by Gasteiger charge is 2.17. The molecule has 0 bridgehead atoms. The lowest BCUT2D eigenvalue weighted by Crippen LogP contribution is -2.30. The predicted octanol–water partition coefficient (Wildman–Crippen LogP) is 3.45. The van der Waals surface area contributed by atoms with Gasteiger partial charge >= 0.3 is 0 Å². The Hall–Kier alpha value is -2.67. The number of nitrogens with zero attached hydrogens (tertiary/aromatic N) is 3. The van der Waals surface area contributed by atoms with Gasteiger partial charge in [-0.3, -0.25) is 4.79 Å². The molecule has 25 heavy (non-hydrogen) atoms. The van der Waals surface area contributed by atoms with E-state index in [0.29, 0.717) is 5.56 Å². The van der Waals surface area contributed by atoms with Gasteiger partial charge in [0.05, 0.1) is 30.3 Å². The minimum Gasteiger partial charge on any atom is -0.497 e. The quantitative estimate of drug-likeness (QED) is 0.760. The molecule has 3 aromatic rings. The van der Waals surface area contributed by atoms with E-state index in [-0.39, 0.29) is 11.9 Å². The number of hydrogen-bond acceptors (Lipinski definition) is 5. The minimum atomic E-state index is -0.122. The lowest BCUT2D eigenvalue weighted by molar-refractivity contribution is 0.0942. The summed E-state index contributed by atoms with van der Waals surface area (Å²) in [6, 6.07) is 7.83. The molecule has 2 heterocycles. The molecule has 0 aliphatic rings. The van der Waals surface area contributed by atoms with Crippen LogP contribution in [0.2, 0.25) is 0 Å². The van der Waals surface area contributed by atoms with Crippen LogP contribution in [-0.2, 0) is 0 Å². The Balaban J connectivity index is 1.90. The zero-order valence-corrected chi connectivity index (χ0v) is 15.4. The second-order valence-corrected chi connectivity index (χ2v) is 6.77. The molecule has 0 saturated carbocycles. The number of amides is 1. The third-order valence-electron chi connectivity index (χ3n) is 3.71. The molecule has 0 fully saturated rings. The maximum atomic E-state index is 12.2. The predicted molar refractivity (Wildman–Crippen MR) is 98.6 cm³/mol. The van der Waals surface area contributed by atoms with Gasteiger partial charge in [-0.15, -0.1) is 11.3 Å². The maximum absolute atomic E-state index is 12.2. The zero-order chi connectivity index (χ0) is 18.0. The van der Waals surface area contributed by atoms with Crippen molar-refractivity contribution in [3.05, 3.63) is 47.1 Å². The largest absolute Gasteiger partial charge is 0.497 e. The molecule has 7 heteroatoms. The molecule has 0 saturated heterocycles. The normalized spacial score (nSPS) is 10.9. The molecular formula is C18H20N4O2S. The summed E-state index contributed by atoms with van der Waals surface area (Å²) < 4.78 is 6.96. The zero-order valence-electron chi connectivity index (χ0n) is 14.6. The van der Waals surface area contributed by atoms with E-state index in [1.165, 1.54) is 11.3 Å². The number of nitrogens with one attached hydrogen (secondary N) is 1. The first-order valence-electron chi connectivity index (χ1n) is 7.95. The molecule has 6 nitrogen and oxygen atoms in total. The average molecular weight is 356 g/mol. The summed E-state index contributed by atoms with van der Waals surface area (Å²) in [5.74, 6) is 0.665. The van der Waals surface area contributed by atoms with Gasteiger partial charge < -0.3 is 10.1 Å². The molecule has 0 unspecified atom stereocenters. The van der Waals surface area contributed by atoms with Gasteiger partial charge in [0.25, 0.3) is 5.91 Å². The number of carbonyl (C=O) groups is 1. The van der Waals surface area contributed by atoms with Crippen molar-refractivity contribution in [3.63, 3.8) is 0 Å². The first kappa shape index (κ1) is 17.2. The van der Waals surface area contributed by atoms with E-state index in [1.807, 2.05) is 50.4 Å². The van der Waals surface area contributed by atoms with Gasteiger partial charge in [0.2, 0.25) is 5.13 Å². The summed E-state index contributed by atoms with van der Waals surface area (Å²) in [4.78, 5) is 16.9. The van der Waals surface area contributed by atoms with Crippen LogP contribution >= 0.6 is 11.3 Å². The number of aromatic nitrogens is 3. The van der Waals surface area contributed by atoms with Crippen LogP contribution in [0.25, 0.3) is 16.4 Å². The van der Waals surface area contributed by atoms with Gasteiger partial charge in [-0.2, -0.15) is 5.10 Å². The summed E-state index contributed by atoms with van der Waals surface area (Å²) in [6.07, 6.45) is 1.58. The fraction of sp³-hybridized carbons (Fsp3) is 0.278. The van der Waals surface area contributed by atoms with Gasteiger partial charge in [0.1, 0.15) is 5.75 Å². The Bertz CT molecular complexity index is 898. The third kappa shape index (κ3) is 3.56. The molecule has 1 aromatic carbocycles. The fourth-order valence-electron chi connectivity index (χ4n) is 2.44. The monoisotopic (exact) mass is 356 g/mol. The molecule has 0 spiro atoms. The number of thiazole rings is 1. The molecule has 130 valence electrons. The summed E-state index contributed by atoms with van der Waals surface area (Å²) >= 11 is 1.48.